The van der Waals surface area contributed by atoms with E-state index in [2.05, 4.69) is 5.32 Å². The quantitative estimate of drug-likeness (QED) is 0.738. The molecule has 0 aromatic heterocycles. The molecule has 0 saturated heterocycles. The molecular weight excluding hydrogens is 400 g/mol. The highest BCUT2D eigenvalue weighted by Crippen LogP contribution is 2.39. The highest BCUT2D eigenvalue weighted by molar-refractivity contribution is 7.91. The van der Waals surface area contributed by atoms with Crippen LogP contribution in [0.1, 0.15) is 37.3 Å². The molecule has 1 aliphatic heterocycles. The van der Waals surface area contributed by atoms with Gasteiger partial charge >= 0.3 is 0 Å². The average Bonchev–Trinajstić information content (AvgIpc) is 3.53. The van der Waals surface area contributed by atoms with Gasteiger partial charge in [-0.3, -0.25) is 9.59 Å². The Bertz CT molecular complexity index is 1060. The van der Waals surface area contributed by atoms with Crippen molar-refractivity contribution in [2.24, 2.45) is 5.92 Å². The van der Waals surface area contributed by atoms with Crippen LogP contribution in [0.5, 0.6) is 0 Å². The third-order valence-electron chi connectivity index (χ3n) is 5.72. The van der Waals surface area contributed by atoms with Crippen LogP contribution in [-0.4, -0.2) is 32.0 Å². The van der Waals surface area contributed by atoms with E-state index in [0.717, 1.165) is 29.7 Å². The lowest BCUT2D eigenvalue weighted by atomic mass is 10.1. The van der Waals surface area contributed by atoms with Crippen molar-refractivity contribution in [1.82, 2.24) is 5.32 Å². The molecule has 1 atom stereocenters. The minimum atomic E-state index is -3.58. The first-order valence-electron chi connectivity index (χ1n) is 10.3. The predicted octanol–water partition coefficient (Wildman–Crippen LogP) is 2.85. The van der Waals surface area contributed by atoms with Crippen molar-refractivity contribution in [3.05, 3.63) is 59.7 Å². The lowest BCUT2D eigenvalue weighted by Crippen LogP contribution is -2.36. The van der Waals surface area contributed by atoms with Crippen LogP contribution in [0.4, 0.5) is 5.69 Å². The van der Waals surface area contributed by atoms with E-state index in [4.69, 9.17) is 0 Å². The van der Waals surface area contributed by atoms with E-state index in [1.807, 2.05) is 42.2 Å². The fourth-order valence-electron chi connectivity index (χ4n) is 3.89. The van der Waals surface area contributed by atoms with Crippen LogP contribution in [-0.2, 0) is 32.4 Å². The second kappa shape index (κ2) is 8.22. The minimum absolute atomic E-state index is 0.0369. The zero-order valence-electron chi connectivity index (χ0n) is 17.0. The van der Waals surface area contributed by atoms with Crippen LogP contribution < -0.4 is 10.2 Å². The Hall–Kier alpha value is -2.67. The summed E-state index contributed by atoms with van der Waals surface area (Å²) in [5, 5.41) is 2.76. The smallest absolute Gasteiger partial charge is 0.230 e. The number of amides is 2. The maximum absolute atomic E-state index is 12.8. The normalized spacial score (nSPS) is 18.2. The van der Waals surface area contributed by atoms with Gasteiger partial charge in [0, 0.05) is 30.6 Å². The Morgan fingerprint density at radius 1 is 1.10 bits per heavy atom. The van der Waals surface area contributed by atoms with Crippen LogP contribution in [0.2, 0.25) is 0 Å². The van der Waals surface area contributed by atoms with Crippen LogP contribution in [0, 0.1) is 5.92 Å². The van der Waals surface area contributed by atoms with E-state index in [1.165, 1.54) is 0 Å². The molecule has 1 aliphatic carbocycles. The number of anilines is 1. The Morgan fingerprint density at radius 2 is 1.83 bits per heavy atom. The molecule has 1 saturated carbocycles. The second-order valence-corrected chi connectivity index (χ2v) is 10.3. The molecule has 1 fully saturated rings. The topological polar surface area (TPSA) is 83.6 Å². The fourth-order valence-corrected chi connectivity index (χ4v) is 5.18. The number of nitrogens with one attached hydrogen (secondary N) is 1. The van der Waals surface area contributed by atoms with Gasteiger partial charge in [-0.2, -0.15) is 0 Å². The van der Waals surface area contributed by atoms with Crippen molar-refractivity contribution in [2.75, 3.05) is 10.7 Å². The predicted molar refractivity (Wildman–Crippen MR) is 115 cm³/mol. The third-order valence-corrected chi connectivity index (χ3v) is 7.43. The van der Waals surface area contributed by atoms with E-state index in [-0.39, 0.29) is 40.8 Å². The fraction of sp³-hybridized carbons (Fsp3) is 0.391. The summed E-state index contributed by atoms with van der Waals surface area (Å²) in [4.78, 5) is 26.7. The molecule has 6 nitrogen and oxygen atoms in total. The molecule has 0 radical (unpaired) electrons. The largest absolute Gasteiger partial charge is 0.352 e. The molecular formula is C23H26N2O4S. The molecule has 2 aliphatic rings. The van der Waals surface area contributed by atoms with Crippen LogP contribution in [0.3, 0.4) is 0 Å². The summed E-state index contributed by atoms with van der Waals surface area (Å²) in [5.74, 6) is -0.270. The Labute approximate surface area is 177 Å². The summed E-state index contributed by atoms with van der Waals surface area (Å²) in [5.41, 5.74) is 2.66. The molecule has 1 heterocycles. The number of hydrogen-bond acceptors (Lipinski definition) is 4. The average molecular weight is 427 g/mol. The molecule has 2 aromatic carbocycles. The Kier molecular flexibility index (Phi) is 5.64. The number of fused-ring (bicyclic) bond motifs is 1. The van der Waals surface area contributed by atoms with E-state index in [1.54, 1.807) is 18.2 Å². The van der Waals surface area contributed by atoms with Gasteiger partial charge in [-0.15, -0.1) is 0 Å². The Balaban J connectivity index is 1.39. The first kappa shape index (κ1) is 20.6. The van der Waals surface area contributed by atoms with Crippen molar-refractivity contribution in [1.29, 1.82) is 0 Å². The van der Waals surface area contributed by atoms with Gasteiger partial charge in [-0.25, -0.2) is 8.42 Å². The molecule has 2 amide bonds. The zero-order chi connectivity index (χ0) is 21.3. The highest BCUT2D eigenvalue weighted by atomic mass is 32.2. The third kappa shape index (κ3) is 4.41. The SMILES string of the molecule is C[C@H]1Cc2cc(S(=O)(=O)CCC(=O)NCc3ccccc3)ccc2N1C(=O)C1CC1. The number of rotatable bonds is 7. The summed E-state index contributed by atoms with van der Waals surface area (Å²) in [6, 6.07) is 14.5. The Morgan fingerprint density at radius 3 is 2.53 bits per heavy atom. The van der Waals surface area contributed by atoms with Crippen molar-refractivity contribution in [2.45, 2.75) is 50.1 Å². The van der Waals surface area contributed by atoms with E-state index >= 15 is 0 Å². The zero-order valence-corrected chi connectivity index (χ0v) is 17.8. The van der Waals surface area contributed by atoms with E-state index < -0.39 is 9.84 Å². The number of nitrogens with zero attached hydrogens (tertiary/aromatic N) is 1. The number of carbonyl (C=O) groups is 2. The summed E-state index contributed by atoms with van der Waals surface area (Å²) < 4.78 is 25.5. The number of carbonyl (C=O) groups excluding carboxylic acids is 2. The van der Waals surface area contributed by atoms with Crippen LogP contribution in [0.15, 0.2) is 53.4 Å². The van der Waals surface area contributed by atoms with Crippen LogP contribution >= 0.6 is 0 Å². The van der Waals surface area contributed by atoms with Gasteiger partial charge in [-0.05, 0) is 55.5 Å². The monoisotopic (exact) mass is 426 g/mol. The lowest BCUT2D eigenvalue weighted by Gasteiger charge is -2.22. The maximum Gasteiger partial charge on any atom is 0.230 e. The highest BCUT2D eigenvalue weighted by Gasteiger charge is 2.39. The van der Waals surface area contributed by atoms with E-state index in [0.29, 0.717) is 13.0 Å². The molecule has 4 rings (SSSR count). The van der Waals surface area contributed by atoms with Gasteiger partial charge < -0.3 is 10.2 Å². The second-order valence-electron chi connectivity index (χ2n) is 8.16. The number of sulfone groups is 1. The van der Waals surface area contributed by atoms with Crippen LogP contribution in [0.25, 0.3) is 0 Å². The summed E-state index contributed by atoms with van der Waals surface area (Å²) >= 11 is 0. The van der Waals surface area contributed by atoms with Gasteiger partial charge in [0.2, 0.25) is 11.8 Å². The van der Waals surface area contributed by atoms with E-state index in [9.17, 15) is 18.0 Å². The van der Waals surface area contributed by atoms with Gasteiger partial charge in [-0.1, -0.05) is 30.3 Å². The van der Waals surface area contributed by atoms with Crippen molar-refractivity contribution in [3.8, 4) is 0 Å². The molecule has 0 unspecified atom stereocenters. The van der Waals surface area contributed by atoms with Crippen molar-refractivity contribution in [3.63, 3.8) is 0 Å². The molecule has 158 valence electrons. The minimum Gasteiger partial charge on any atom is -0.352 e. The summed E-state index contributed by atoms with van der Waals surface area (Å²) in [6.45, 7) is 2.37. The molecule has 0 spiro atoms. The standard InChI is InChI=1S/C23H26N2O4S/c1-16-13-19-14-20(9-10-21(19)25(16)23(27)18-7-8-18)30(28,29)12-11-22(26)24-15-17-5-3-2-4-6-17/h2-6,9-10,14,16,18H,7-8,11-13,15H2,1H3,(H,24,26)/t16-/m0/s1. The van der Waals surface area contributed by atoms with Gasteiger partial charge in [0.05, 0.1) is 10.6 Å². The number of benzene rings is 2. The summed E-state index contributed by atoms with van der Waals surface area (Å²) in [7, 11) is -3.58. The molecule has 1 N–H and O–H groups in total. The number of hydrogen-bond donors (Lipinski definition) is 1. The van der Waals surface area contributed by atoms with Crippen molar-refractivity contribution >= 4 is 27.3 Å². The first-order chi connectivity index (χ1) is 14.3. The first-order valence-corrected chi connectivity index (χ1v) is 12.0. The molecule has 7 heteroatoms. The van der Waals surface area contributed by atoms with Gasteiger partial charge in [0.25, 0.3) is 0 Å². The van der Waals surface area contributed by atoms with Gasteiger partial charge in [0.15, 0.2) is 9.84 Å². The molecule has 30 heavy (non-hydrogen) atoms. The molecule has 0 bridgehead atoms. The lowest BCUT2D eigenvalue weighted by molar-refractivity contribution is -0.121. The summed E-state index contributed by atoms with van der Waals surface area (Å²) in [6.07, 6.45) is 2.44. The maximum atomic E-state index is 12.8. The molecule has 2 aromatic rings. The van der Waals surface area contributed by atoms with Crippen molar-refractivity contribution < 1.29 is 18.0 Å². The van der Waals surface area contributed by atoms with Gasteiger partial charge in [0.1, 0.15) is 0 Å².